The lowest BCUT2D eigenvalue weighted by Gasteiger charge is -2.08. The van der Waals surface area contributed by atoms with Crippen LogP contribution in [0.15, 0.2) is 0 Å². The van der Waals surface area contributed by atoms with Crippen LogP contribution >= 0.6 is 0 Å². The first-order valence-corrected chi connectivity index (χ1v) is 1.91. The molecular formula is C5H11N. The van der Waals surface area contributed by atoms with Crippen molar-refractivity contribution >= 4 is 0 Å². The van der Waals surface area contributed by atoms with Gasteiger partial charge in [-0.3, -0.25) is 0 Å². The highest BCUT2D eigenvalue weighted by Crippen LogP contribution is 1.96. The molecule has 0 saturated carbocycles. The van der Waals surface area contributed by atoms with E-state index in [0.717, 1.165) is 0 Å². The quantitative estimate of drug-likeness (QED) is 0.463. The first-order valence-electron chi connectivity index (χ1n) is 4.80. The molecule has 36 valence electrons. The Bertz CT molecular complexity index is 129. The van der Waals surface area contributed by atoms with Crippen LogP contribution in [0, 0.1) is 0 Å². The van der Waals surface area contributed by atoms with E-state index in [9.17, 15) is 0 Å². The van der Waals surface area contributed by atoms with Crippen LogP contribution in [0.2, 0.25) is 0 Å². The van der Waals surface area contributed by atoms with E-state index in [1.807, 2.05) is 0 Å². The standard InChI is InChI=1S/C5H11N/c1-2-4-6-5-3-1/h6H,1-5H2/i1D,2D,3D,4D,5D. The number of piperidine rings is 1. The van der Waals surface area contributed by atoms with Crippen LogP contribution in [0.3, 0.4) is 0 Å². The van der Waals surface area contributed by atoms with Gasteiger partial charge in [0.05, 0.1) is 0 Å². The Balaban J connectivity index is 2.63. The van der Waals surface area contributed by atoms with Gasteiger partial charge in [-0.05, 0) is 25.8 Å². The van der Waals surface area contributed by atoms with Crippen molar-refractivity contribution in [3.8, 4) is 0 Å². The molecule has 4 unspecified atom stereocenters. The van der Waals surface area contributed by atoms with Gasteiger partial charge in [0.25, 0.3) is 0 Å². The Kier molecular flexibility index (Phi) is 0.445. The van der Waals surface area contributed by atoms with E-state index in [2.05, 4.69) is 5.32 Å². The molecule has 0 radical (unpaired) electrons. The first kappa shape index (κ1) is 1.22. The van der Waals surface area contributed by atoms with Gasteiger partial charge < -0.3 is 5.32 Å². The number of hydrogen-bond acceptors (Lipinski definition) is 1. The van der Waals surface area contributed by atoms with Crippen molar-refractivity contribution in [2.45, 2.75) is 19.2 Å². The molecule has 0 spiro atoms. The third kappa shape index (κ3) is 0.977. The molecule has 0 aromatic heterocycles. The Labute approximate surface area is 45.8 Å². The second kappa shape index (κ2) is 2.19. The normalized spacial score (nSPS) is 97.3. The smallest absolute Gasteiger partial charge is 0.0428 e. The second-order valence-electron chi connectivity index (χ2n) is 1.08. The molecule has 1 fully saturated rings. The van der Waals surface area contributed by atoms with Gasteiger partial charge >= 0.3 is 0 Å². The average molecular weight is 90.2 g/mol. The van der Waals surface area contributed by atoms with Crippen molar-refractivity contribution in [1.29, 1.82) is 0 Å². The van der Waals surface area contributed by atoms with E-state index in [-0.39, 0.29) is 0 Å². The monoisotopic (exact) mass is 90.1 g/mol. The molecule has 0 amide bonds. The predicted octanol–water partition coefficient (Wildman–Crippen LogP) is 0.760. The summed E-state index contributed by atoms with van der Waals surface area (Å²) in [7, 11) is 0. The summed E-state index contributed by atoms with van der Waals surface area (Å²) in [6, 6.07) is 0. The van der Waals surface area contributed by atoms with Crippen LogP contribution in [0.4, 0.5) is 0 Å². The van der Waals surface area contributed by atoms with Gasteiger partial charge in [0.1, 0.15) is 0 Å². The molecule has 1 saturated heterocycles. The molecule has 6 heavy (non-hydrogen) atoms. The van der Waals surface area contributed by atoms with Crippen LogP contribution < -0.4 is 5.32 Å². The molecule has 1 rings (SSSR count). The van der Waals surface area contributed by atoms with Gasteiger partial charge in [0.15, 0.2) is 0 Å². The molecule has 0 aliphatic carbocycles. The largest absolute Gasteiger partial charge is 0.317 e. The summed E-state index contributed by atoms with van der Waals surface area (Å²) in [5, 5.41) is 2.45. The van der Waals surface area contributed by atoms with E-state index < -0.39 is 32.2 Å². The maximum absolute atomic E-state index is 7.29. The molecule has 1 aliphatic rings. The zero-order valence-electron chi connectivity index (χ0n) is 8.39. The Hall–Kier alpha value is -0.0400. The van der Waals surface area contributed by atoms with Gasteiger partial charge in [-0.1, -0.05) is 6.40 Å². The lowest BCUT2D eigenvalue weighted by atomic mass is 10.2. The second-order valence-corrected chi connectivity index (χ2v) is 1.08. The van der Waals surface area contributed by atoms with E-state index in [4.69, 9.17) is 6.85 Å². The SMILES string of the molecule is [2H]C1NC([2H])C([2H])C([2H])C1[2H]. The maximum atomic E-state index is 7.29. The highest BCUT2D eigenvalue weighted by Gasteiger charge is 1.93. The van der Waals surface area contributed by atoms with Crippen LogP contribution in [-0.2, 0) is 0 Å². The van der Waals surface area contributed by atoms with E-state index in [0.29, 0.717) is 0 Å². The third-order valence-electron chi connectivity index (χ3n) is 0.607. The minimum atomic E-state index is -0.929. The Morgan fingerprint density at radius 3 is 2.50 bits per heavy atom. The molecule has 1 N–H and O–H groups in total. The number of nitrogens with one attached hydrogen (secondary N) is 1. The number of rotatable bonds is 0. The lowest BCUT2D eigenvalue weighted by molar-refractivity contribution is 0.520. The van der Waals surface area contributed by atoms with Crippen molar-refractivity contribution in [3.05, 3.63) is 0 Å². The molecule has 1 heteroatoms. The molecule has 1 aliphatic heterocycles. The highest BCUT2D eigenvalue weighted by atomic mass is 14.9. The Morgan fingerprint density at radius 2 is 1.83 bits per heavy atom. The van der Waals surface area contributed by atoms with E-state index in [1.165, 1.54) is 0 Å². The predicted molar refractivity (Wildman–Crippen MR) is 26.7 cm³/mol. The minimum absolute atomic E-state index is 0.887. The third-order valence-corrected chi connectivity index (χ3v) is 0.607. The molecular weight excluding hydrogens is 74.1 g/mol. The molecule has 4 atom stereocenters. The zero-order chi connectivity index (χ0) is 8.59. The molecule has 0 bridgehead atoms. The lowest BCUT2D eigenvalue weighted by Crippen LogP contribution is -2.21. The van der Waals surface area contributed by atoms with Crippen LogP contribution in [0.5, 0.6) is 0 Å². The summed E-state index contributed by atoms with van der Waals surface area (Å²) >= 11 is 0. The zero-order valence-corrected chi connectivity index (χ0v) is 3.39. The summed E-state index contributed by atoms with van der Waals surface area (Å²) in [6.07, 6.45) is -2.74. The summed E-state index contributed by atoms with van der Waals surface area (Å²) in [5.41, 5.74) is 0. The van der Waals surface area contributed by atoms with E-state index in [1.54, 1.807) is 0 Å². The van der Waals surface area contributed by atoms with Gasteiger partial charge in [-0.2, -0.15) is 0 Å². The van der Waals surface area contributed by atoms with Gasteiger partial charge in [-0.15, -0.1) is 0 Å². The highest BCUT2D eigenvalue weighted by molar-refractivity contribution is 4.55. The van der Waals surface area contributed by atoms with Crippen LogP contribution in [-0.4, -0.2) is 13.0 Å². The van der Waals surface area contributed by atoms with Crippen LogP contribution in [0.1, 0.15) is 26.0 Å². The fourth-order valence-corrected chi connectivity index (χ4v) is 0.342. The van der Waals surface area contributed by atoms with Gasteiger partial charge in [0, 0.05) is 6.85 Å². The summed E-state index contributed by atoms with van der Waals surface area (Å²) in [6.45, 7) is -1.77. The summed E-state index contributed by atoms with van der Waals surface area (Å²) in [4.78, 5) is 0. The van der Waals surface area contributed by atoms with Gasteiger partial charge in [-0.25, -0.2) is 0 Å². The topological polar surface area (TPSA) is 12.0 Å². The summed E-state index contributed by atoms with van der Waals surface area (Å²) in [5.74, 6) is 0. The fraction of sp³-hybridized carbons (Fsp3) is 1.00. The van der Waals surface area contributed by atoms with Crippen molar-refractivity contribution in [2.24, 2.45) is 0 Å². The van der Waals surface area contributed by atoms with E-state index >= 15 is 0 Å². The van der Waals surface area contributed by atoms with Crippen LogP contribution in [0.25, 0.3) is 0 Å². The molecule has 1 heterocycles. The fourth-order valence-electron chi connectivity index (χ4n) is 0.342. The van der Waals surface area contributed by atoms with Crippen molar-refractivity contribution in [3.63, 3.8) is 0 Å². The van der Waals surface area contributed by atoms with Gasteiger partial charge in [0.2, 0.25) is 0 Å². The minimum Gasteiger partial charge on any atom is -0.317 e. The summed E-state index contributed by atoms with van der Waals surface area (Å²) < 4.78 is 36.2. The van der Waals surface area contributed by atoms with Crippen molar-refractivity contribution in [2.75, 3.05) is 13.0 Å². The maximum Gasteiger partial charge on any atom is 0.0428 e. The first-order chi connectivity index (χ1) is 5.04. The molecule has 0 aromatic carbocycles. The Morgan fingerprint density at radius 1 is 1.17 bits per heavy atom. The van der Waals surface area contributed by atoms with Crippen molar-refractivity contribution < 1.29 is 6.85 Å². The number of hydrogen-bond donors (Lipinski definition) is 1. The van der Waals surface area contributed by atoms with Crippen molar-refractivity contribution in [1.82, 2.24) is 5.32 Å². The molecule has 1 nitrogen and oxygen atoms in total. The average Bonchev–Trinajstić information content (AvgIpc) is 1.97. The molecule has 0 aromatic rings.